The minimum absolute atomic E-state index is 0.137. The van der Waals surface area contributed by atoms with Crippen LogP contribution in [-0.4, -0.2) is 19.7 Å². The van der Waals surface area contributed by atoms with Crippen LogP contribution in [0, 0.1) is 6.92 Å². The Bertz CT molecular complexity index is 777. The molecule has 0 unspecified atom stereocenters. The van der Waals surface area contributed by atoms with E-state index in [4.69, 9.17) is 4.42 Å². The molecule has 0 aliphatic carbocycles. The highest BCUT2D eigenvalue weighted by Gasteiger charge is 2.09. The van der Waals surface area contributed by atoms with Gasteiger partial charge in [0, 0.05) is 13.1 Å². The van der Waals surface area contributed by atoms with Gasteiger partial charge in [0.05, 0.1) is 11.9 Å². The topological polar surface area (TPSA) is 73.8 Å². The number of hydrogen-bond acceptors (Lipinski definition) is 5. The molecule has 0 aliphatic rings. The van der Waals surface area contributed by atoms with Crippen LogP contribution >= 0.6 is 0 Å². The predicted molar refractivity (Wildman–Crippen MR) is 72.1 cm³/mol. The Labute approximate surface area is 114 Å². The Hall–Kier alpha value is -2.76. The molecule has 2 aromatic heterocycles. The maximum Gasteiger partial charge on any atom is 0.261 e. The highest BCUT2D eigenvalue weighted by atomic mass is 16.4. The molecular formula is C14H12N4O2. The molecule has 0 saturated heterocycles. The van der Waals surface area contributed by atoms with E-state index in [1.165, 1.54) is 10.9 Å². The van der Waals surface area contributed by atoms with E-state index in [2.05, 4.69) is 15.2 Å². The summed E-state index contributed by atoms with van der Waals surface area (Å²) in [6.45, 7) is 1.92. The van der Waals surface area contributed by atoms with Crippen molar-refractivity contribution in [2.24, 2.45) is 0 Å². The zero-order valence-corrected chi connectivity index (χ0v) is 10.9. The number of aromatic nitrogens is 4. The second kappa shape index (κ2) is 5.08. The first-order chi connectivity index (χ1) is 9.74. The maximum absolute atomic E-state index is 12.4. The lowest BCUT2D eigenvalue weighted by atomic mass is 10.1. The van der Waals surface area contributed by atoms with Crippen LogP contribution in [0.25, 0.3) is 11.1 Å². The largest absolute Gasteiger partial charge is 0.424 e. The van der Waals surface area contributed by atoms with Crippen LogP contribution in [0.1, 0.15) is 11.8 Å². The highest BCUT2D eigenvalue weighted by Crippen LogP contribution is 2.13. The van der Waals surface area contributed by atoms with Gasteiger partial charge in [-0.3, -0.25) is 9.36 Å². The van der Waals surface area contributed by atoms with Crippen molar-refractivity contribution >= 4 is 0 Å². The average molecular weight is 268 g/mol. The first-order valence-electron chi connectivity index (χ1n) is 6.13. The van der Waals surface area contributed by atoms with Crippen LogP contribution < -0.4 is 5.56 Å². The van der Waals surface area contributed by atoms with Crippen LogP contribution in [0.2, 0.25) is 0 Å². The van der Waals surface area contributed by atoms with E-state index < -0.39 is 0 Å². The first-order valence-corrected chi connectivity index (χ1v) is 6.13. The maximum atomic E-state index is 12.4. The van der Waals surface area contributed by atoms with Gasteiger partial charge in [-0.05, 0) is 5.56 Å². The summed E-state index contributed by atoms with van der Waals surface area (Å²) in [7, 11) is 0. The second-order valence-corrected chi connectivity index (χ2v) is 4.32. The minimum Gasteiger partial charge on any atom is -0.424 e. The molecule has 100 valence electrons. The molecule has 0 N–H and O–H groups in total. The molecule has 0 spiro atoms. The third-order valence-electron chi connectivity index (χ3n) is 2.86. The molecule has 0 radical (unpaired) electrons. The van der Waals surface area contributed by atoms with Gasteiger partial charge in [0.25, 0.3) is 5.56 Å². The van der Waals surface area contributed by atoms with Crippen LogP contribution in [0.4, 0.5) is 0 Å². The monoisotopic (exact) mass is 268 g/mol. The molecule has 0 bridgehead atoms. The number of benzene rings is 1. The van der Waals surface area contributed by atoms with E-state index in [0.717, 1.165) is 5.56 Å². The van der Waals surface area contributed by atoms with Gasteiger partial charge >= 0.3 is 0 Å². The summed E-state index contributed by atoms with van der Waals surface area (Å²) in [5, 5.41) is 7.62. The van der Waals surface area contributed by atoms with Crippen molar-refractivity contribution in [2.75, 3.05) is 0 Å². The van der Waals surface area contributed by atoms with Crippen molar-refractivity contribution in [1.82, 2.24) is 19.7 Å². The minimum atomic E-state index is -0.137. The van der Waals surface area contributed by atoms with Crippen LogP contribution in [0.3, 0.4) is 0 Å². The Balaban J connectivity index is 2.00. The van der Waals surface area contributed by atoms with Gasteiger partial charge in [0.15, 0.2) is 0 Å². The predicted octanol–water partition coefficient (Wildman–Crippen LogP) is 1.65. The molecule has 0 fully saturated rings. The summed E-state index contributed by atoms with van der Waals surface area (Å²) in [5.41, 5.74) is 1.24. The molecule has 0 amide bonds. The third-order valence-corrected chi connectivity index (χ3v) is 2.86. The van der Waals surface area contributed by atoms with Crippen molar-refractivity contribution in [2.45, 2.75) is 13.5 Å². The first kappa shape index (κ1) is 12.3. The van der Waals surface area contributed by atoms with Crippen molar-refractivity contribution in [3.8, 4) is 11.1 Å². The fraction of sp³-hybridized carbons (Fsp3) is 0.143. The van der Waals surface area contributed by atoms with E-state index in [1.54, 1.807) is 13.1 Å². The van der Waals surface area contributed by atoms with Crippen LogP contribution in [0.5, 0.6) is 0 Å². The standard InChI is InChI=1S/C14H12N4O2/c1-10-16-17-13(20-10)8-18-9-15-7-12(14(18)19)11-5-3-2-4-6-11/h2-7,9H,8H2,1H3. The quantitative estimate of drug-likeness (QED) is 0.722. The summed E-state index contributed by atoms with van der Waals surface area (Å²) < 4.78 is 6.73. The van der Waals surface area contributed by atoms with Crippen LogP contribution in [-0.2, 0) is 6.54 Å². The fourth-order valence-corrected chi connectivity index (χ4v) is 1.93. The average Bonchev–Trinajstić information content (AvgIpc) is 2.87. The molecule has 0 atom stereocenters. The Kier molecular flexibility index (Phi) is 3.12. The van der Waals surface area contributed by atoms with Crippen molar-refractivity contribution in [3.63, 3.8) is 0 Å². The lowest BCUT2D eigenvalue weighted by Crippen LogP contribution is -2.22. The van der Waals surface area contributed by atoms with Gasteiger partial charge in [-0.25, -0.2) is 4.98 Å². The molecule has 20 heavy (non-hydrogen) atoms. The van der Waals surface area contributed by atoms with Gasteiger partial charge in [-0.2, -0.15) is 0 Å². The number of nitrogens with zero attached hydrogens (tertiary/aromatic N) is 4. The Morgan fingerprint density at radius 2 is 2.00 bits per heavy atom. The summed E-state index contributed by atoms with van der Waals surface area (Å²) in [6.07, 6.45) is 3.03. The SMILES string of the molecule is Cc1nnc(Cn2cncc(-c3ccccc3)c2=O)o1. The molecule has 3 aromatic rings. The fourth-order valence-electron chi connectivity index (χ4n) is 1.93. The molecule has 0 saturated carbocycles. The zero-order valence-electron chi connectivity index (χ0n) is 10.9. The van der Waals surface area contributed by atoms with Gasteiger partial charge in [-0.15, -0.1) is 10.2 Å². The summed E-state index contributed by atoms with van der Waals surface area (Å²) in [6, 6.07) is 9.42. The summed E-state index contributed by atoms with van der Waals surface area (Å²) in [5.74, 6) is 0.858. The van der Waals surface area contributed by atoms with E-state index >= 15 is 0 Å². The van der Waals surface area contributed by atoms with Crippen molar-refractivity contribution < 1.29 is 4.42 Å². The Morgan fingerprint density at radius 3 is 2.70 bits per heavy atom. The number of hydrogen-bond donors (Lipinski definition) is 0. The lowest BCUT2D eigenvalue weighted by molar-refractivity contribution is 0.450. The molecule has 1 aromatic carbocycles. The van der Waals surface area contributed by atoms with E-state index in [9.17, 15) is 4.79 Å². The molecule has 6 nitrogen and oxygen atoms in total. The summed E-state index contributed by atoms with van der Waals surface area (Å²) in [4.78, 5) is 16.5. The second-order valence-electron chi connectivity index (χ2n) is 4.32. The molecule has 3 rings (SSSR count). The van der Waals surface area contributed by atoms with Crippen LogP contribution in [0.15, 0.2) is 52.1 Å². The third kappa shape index (κ3) is 2.35. The summed E-state index contributed by atoms with van der Waals surface area (Å²) >= 11 is 0. The Morgan fingerprint density at radius 1 is 1.20 bits per heavy atom. The molecule has 6 heteroatoms. The van der Waals surface area contributed by atoms with E-state index in [-0.39, 0.29) is 12.1 Å². The molecule has 0 aliphatic heterocycles. The van der Waals surface area contributed by atoms with Gasteiger partial charge in [0.2, 0.25) is 11.8 Å². The lowest BCUT2D eigenvalue weighted by Gasteiger charge is -2.05. The molecular weight excluding hydrogens is 256 g/mol. The van der Waals surface area contributed by atoms with E-state index in [0.29, 0.717) is 17.3 Å². The van der Waals surface area contributed by atoms with E-state index in [1.807, 2.05) is 30.3 Å². The number of rotatable bonds is 3. The van der Waals surface area contributed by atoms with Crippen molar-refractivity contribution in [1.29, 1.82) is 0 Å². The highest BCUT2D eigenvalue weighted by molar-refractivity contribution is 5.60. The van der Waals surface area contributed by atoms with Gasteiger partial charge < -0.3 is 4.42 Å². The zero-order chi connectivity index (χ0) is 13.9. The normalized spacial score (nSPS) is 10.7. The number of aryl methyl sites for hydroxylation is 1. The van der Waals surface area contributed by atoms with Gasteiger partial charge in [0.1, 0.15) is 6.54 Å². The van der Waals surface area contributed by atoms with Crippen molar-refractivity contribution in [3.05, 3.63) is 65.0 Å². The smallest absolute Gasteiger partial charge is 0.261 e. The molecule has 2 heterocycles. The van der Waals surface area contributed by atoms with Gasteiger partial charge in [-0.1, -0.05) is 30.3 Å².